The number of hydrogen-bond donors (Lipinski definition) is 2. The third-order valence-electron chi connectivity index (χ3n) is 3.36. The number of rotatable bonds is 2. The van der Waals surface area contributed by atoms with Crippen molar-refractivity contribution in [3.8, 4) is 0 Å². The van der Waals surface area contributed by atoms with Crippen molar-refractivity contribution in [2.75, 3.05) is 18.9 Å². The van der Waals surface area contributed by atoms with Gasteiger partial charge in [0.15, 0.2) is 5.69 Å². The van der Waals surface area contributed by atoms with Crippen LogP contribution in [0.1, 0.15) is 35.4 Å². The van der Waals surface area contributed by atoms with E-state index >= 15 is 0 Å². The molecule has 0 bridgehead atoms. The van der Waals surface area contributed by atoms with Gasteiger partial charge in [-0.2, -0.15) is 5.10 Å². The zero-order chi connectivity index (χ0) is 11.1. The van der Waals surface area contributed by atoms with E-state index in [-0.39, 0.29) is 5.91 Å². The number of carbonyl (C=O) groups is 1. The minimum atomic E-state index is 0.0365. The summed E-state index contributed by atoms with van der Waals surface area (Å²) in [6, 6.07) is 0.434. The lowest BCUT2D eigenvalue weighted by Gasteiger charge is -2.18. The normalized spacial score (nSPS) is 18.8. The summed E-state index contributed by atoms with van der Waals surface area (Å²) in [4.78, 5) is 14.0. The Morgan fingerprint density at radius 3 is 3.06 bits per heavy atom. The summed E-state index contributed by atoms with van der Waals surface area (Å²) >= 11 is 0. The summed E-state index contributed by atoms with van der Waals surface area (Å²) in [5, 5.41) is 10.4. The second-order valence-electron chi connectivity index (χ2n) is 4.60. The highest BCUT2D eigenvalue weighted by atomic mass is 16.2. The summed E-state index contributed by atoms with van der Waals surface area (Å²) in [5.41, 5.74) is 2.55. The quantitative estimate of drug-likeness (QED) is 0.781. The zero-order valence-electron chi connectivity index (χ0n) is 9.42. The number of aromatic amines is 1. The maximum absolute atomic E-state index is 12.2. The molecule has 0 atom stereocenters. The lowest BCUT2D eigenvalue weighted by atomic mass is 10.1. The molecule has 2 heterocycles. The van der Waals surface area contributed by atoms with Crippen LogP contribution in [0.25, 0.3) is 0 Å². The molecule has 0 spiro atoms. The predicted octanol–water partition coefficient (Wildman–Crippen LogP) is 1.00. The summed E-state index contributed by atoms with van der Waals surface area (Å²) in [6.07, 6.45) is 4.33. The Balaban J connectivity index is 1.87. The van der Waals surface area contributed by atoms with Crippen LogP contribution in [0, 0.1) is 0 Å². The third-order valence-corrected chi connectivity index (χ3v) is 3.36. The van der Waals surface area contributed by atoms with Crippen LogP contribution in [0.5, 0.6) is 0 Å². The molecule has 1 aromatic rings. The molecule has 0 aromatic carbocycles. The first-order chi connectivity index (χ1) is 7.77. The molecule has 0 saturated heterocycles. The molecule has 5 nitrogen and oxygen atoms in total. The lowest BCUT2D eigenvalue weighted by molar-refractivity contribution is 0.0780. The molecule has 2 aliphatic rings. The van der Waals surface area contributed by atoms with Gasteiger partial charge in [0, 0.05) is 19.6 Å². The van der Waals surface area contributed by atoms with E-state index in [0.717, 1.165) is 43.6 Å². The van der Waals surface area contributed by atoms with E-state index in [0.29, 0.717) is 11.7 Å². The number of carbonyl (C=O) groups excluding carboxylic acids is 1. The van der Waals surface area contributed by atoms with Crippen molar-refractivity contribution in [3.63, 3.8) is 0 Å². The van der Waals surface area contributed by atoms with Crippen LogP contribution in [-0.4, -0.2) is 40.6 Å². The van der Waals surface area contributed by atoms with E-state index in [1.807, 2.05) is 11.9 Å². The first kappa shape index (κ1) is 9.69. The number of anilines is 1. The second-order valence-corrected chi connectivity index (χ2v) is 4.60. The van der Waals surface area contributed by atoms with Crippen LogP contribution >= 0.6 is 0 Å². The maximum atomic E-state index is 12.2. The van der Waals surface area contributed by atoms with Crippen LogP contribution in [0.2, 0.25) is 0 Å². The molecule has 2 N–H and O–H groups in total. The van der Waals surface area contributed by atoms with E-state index < -0.39 is 0 Å². The van der Waals surface area contributed by atoms with E-state index in [1.165, 1.54) is 0 Å². The smallest absolute Gasteiger partial charge is 0.276 e. The predicted molar refractivity (Wildman–Crippen MR) is 60.5 cm³/mol. The summed E-state index contributed by atoms with van der Waals surface area (Å²) in [7, 11) is 1.86. The van der Waals surface area contributed by atoms with E-state index in [2.05, 4.69) is 15.5 Å². The van der Waals surface area contributed by atoms with Gasteiger partial charge in [0.1, 0.15) is 0 Å². The Hall–Kier alpha value is -1.52. The topological polar surface area (TPSA) is 61.0 Å². The summed E-state index contributed by atoms with van der Waals surface area (Å²) in [6.45, 7) is 0.931. The van der Waals surface area contributed by atoms with Crippen molar-refractivity contribution < 1.29 is 4.79 Å². The molecule has 1 aromatic heterocycles. The average molecular weight is 220 g/mol. The van der Waals surface area contributed by atoms with Crippen molar-refractivity contribution >= 4 is 11.6 Å². The second kappa shape index (κ2) is 3.50. The van der Waals surface area contributed by atoms with Crippen LogP contribution in [0.15, 0.2) is 0 Å². The highest BCUT2D eigenvalue weighted by Crippen LogP contribution is 2.29. The SMILES string of the molecule is CN(C(=O)c1n[nH]c2c1NCCC2)C1CC1. The Morgan fingerprint density at radius 1 is 1.50 bits per heavy atom. The molecule has 3 rings (SSSR count). The number of aryl methyl sites for hydroxylation is 1. The number of aromatic nitrogens is 2. The maximum Gasteiger partial charge on any atom is 0.276 e. The van der Waals surface area contributed by atoms with Gasteiger partial charge in [-0.15, -0.1) is 0 Å². The fraction of sp³-hybridized carbons (Fsp3) is 0.636. The van der Waals surface area contributed by atoms with Gasteiger partial charge >= 0.3 is 0 Å². The highest BCUT2D eigenvalue weighted by Gasteiger charge is 2.33. The van der Waals surface area contributed by atoms with Crippen LogP contribution in [0.4, 0.5) is 5.69 Å². The first-order valence-corrected chi connectivity index (χ1v) is 5.85. The van der Waals surface area contributed by atoms with Gasteiger partial charge in [-0.05, 0) is 25.7 Å². The zero-order valence-corrected chi connectivity index (χ0v) is 9.42. The third kappa shape index (κ3) is 1.47. The fourth-order valence-corrected chi connectivity index (χ4v) is 2.18. The average Bonchev–Trinajstić information content (AvgIpc) is 3.07. The Labute approximate surface area is 94.2 Å². The van der Waals surface area contributed by atoms with Gasteiger partial charge in [-0.3, -0.25) is 9.89 Å². The first-order valence-electron chi connectivity index (χ1n) is 5.85. The molecule has 1 amide bonds. The standard InChI is InChI=1S/C11H16N4O/c1-15(7-4-5-7)11(16)10-9-8(13-14-10)3-2-6-12-9/h7,12H,2-6H2,1H3,(H,13,14). The number of nitrogens with zero attached hydrogens (tertiary/aromatic N) is 2. The molecular weight excluding hydrogens is 204 g/mol. The van der Waals surface area contributed by atoms with Crippen molar-refractivity contribution in [1.82, 2.24) is 15.1 Å². The fourth-order valence-electron chi connectivity index (χ4n) is 2.18. The van der Waals surface area contributed by atoms with Crippen LogP contribution in [-0.2, 0) is 6.42 Å². The molecule has 0 unspecified atom stereocenters. The summed E-state index contributed by atoms with van der Waals surface area (Å²) in [5.74, 6) is 0.0365. The monoisotopic (exact) mass is 220 g/mol. The molecule has 5 heteroatoms. The van der Waals surface area contributed by atoms with Gasteiger partial charge in [0.2, 0.25) is 0 Å². The Bertz CT molecular complexity index is 422. The van der Waals surface area contributed by atoms with Crippen molar-refractivity contribution in [2.45, 2.75) is 31.7 Å². The van der Waals surface area contributed by atoms with Crippen LogP contribution in [0.3, 0.4) is 0 Å². The molecular formula is C11H16N4O. The van der Waals surface area contributed by atoms with Crippen LogP contribution < -0.4 is 5.32 Å². The lowest BCUT2D eigenvalue weighted by Crippen LogP contribution is -2.30. The van der Waals surface area contributed by atoms with Gasteiger partial charge < -0.3 is 10.2 Å². The Morgan fingerprint density at radius 2 is 2.31 bits per heavy atom. The largest absolute Gasteiger partial charge is 0.382 e. The van der Waals surface area contributed by atoms with Gasteiger partial charge in [-0.25, -0.2) is 0 Å². The highest BCUT2D eigenvalue weighted by molar-refractivity contribution is 5.98. The number of fused-ring (bicyclic) bond motifs is 1. The minimum absolute atomic E-state index is 0.0365. The Kier molecular flexibility index (Phi) is 2.12. The molecule has 1 aliphatic carbocycles. The number of H-pyrrole nitrogens is 1. The molecule has 0 radical (unpaired) electrons. The van der Waals surface area contributed by atoms with Gasteiger partial charge in [0.25, 0.3) is 5.91 Å². The number of nitrogens with one attached hydrogen (secondary N) is 2. The van der Waals surface area contributed by atoms with E-state index in [1.54, 1.807) is 0 Å². The number of amides is 1. The van der Waals surface area contributed by atoms with Crippen molar-refractivity contribution in [3.05, 3.63) is 11.4 Å². The summed E-state index contributed by atoms with van der Waals surface area (Å²) < 4.78 is 0. The van der Waals surface area contributed by atoms with Crippen molar-refractivity contribution in [2.24, 2.45) is 0 Å². The van der Waals surface area contributed by atoms with Gasteiger partial charge in [-0.1, -0.05) is 0 Å². The minimum Gasteiger partial charge on any atom is -0.382 e. The van der Waals surface area contributed by atoms with Gasteiger partial charge in [0.05, 0.1) is 11.4 Å². The molecule has 86 valence electrons. The van der Waals surface area contributed by atoms with E-state index in [9.17, 15) is 4.79 Å². The molecule has 16 heavy (non-hydrogen) atoms. The number of hydrogen-bond acceptors (Lipinski definition) is 3. The van der Waals surface area contributed by atoms with E-state index in [4.69, 9.17) is 0 Å². The molecule has 1 saturated carbocycles. The molecule has 1 fully saturated rings. The van der Waals surface area contributed by atoms with Crippen molar-refractivity contribution in [1.29, 1.82) is 0 Å². The molecule has 1 aliphatic heterocycles.